The van der Waals surface area contributed by atoms with E-state index in [9.17, 15) is 0 Å². The molecule has 0 radical (unpaired) electrons. The SMILES string of the molecule is Cc1ccc(C)c(NCc2cc(Cl)cc(Cl)c2OCc2ccc(Cl)cc2)c1. The standard InChI is InChI=1S/C22H20Cl3NO/c1-14-3-4-15(2)21(9-14)26-12-17-10-19(24)11-20(25)22(17)27-13-16-5-7-18(23)8-6-16/h3-11,26H,12-13H2,1-2H3. The Morgan fingerprint density at radius 3 is 2.33 bits per heavy atom. The lowest BCUT2D eigenvalue weighted by molar-refractivity contribution is 0.303. The summed E-state index contributed by atoms with van der Waals surface area (Å²) in [6, 6.07) is 17.4. The van der Waals surface area contributed by atoms with Gasteiger partial charge in [-0.15, -0.1) is 0 Å². The smallest absolute Gasteiger partial charge is 0.143 e. The first-order valence-corrected chi connectivity index (χ1v) is 9.72. The Kier molecular flexibility index (Phi) is 6.54. The van der Waals surface area contributed by atoms with Crippen LogP contribution in [0.4, 0.5) is 5.69 Å². The summed E-state index contributed by atoms with van der Waals surface area (Å²) in [6.07, 6.45) is 0. The van der Waals surface area contributed by atoms with Crippen LogP contribution in [-0.4, -0.2) is 0 Å². The third kappa shape index (κ3) is 5.32. The van der Waals surface area contributed by atoms with E-state index in [0.717, 1.165) is 16.8 Å². The largest absolute Gasteiger partial charge is 0.487 e. The molecule has 3 rings (SSSR count). The minimum atomic E-state index is 0.398. The van der Waals surface area contributed by atoms with Crippen molar-refractivity contribution in [2.75, 3.05) is 5.32 Å². The molecule has 0 bridgehead atoms. The van der Waals surface area contributed by atoms with E-state index < -0.39 is 0 Å². The third-order valence-electron chi connectivity index (χ3n) is 4.24. The fourth-order valence-electron chi connectivity index (χ4n) is 2.76. The molecular weight excluding hydrogens is 401 g/mol. The Bertz CT molecular complexity index is 939. The van der Waals surface area contributed by atoms with Crippen LogP contribution in [0.5, 0.6) is 5.75 Å². The first-order chi connectivity index (χ1) is 12.9. The van der Waals surface area contributed by atoms with Crippen LogP contribution >= 0.6 is 34.8 Å². The molecule has 0 aliphatic heterocycles. The van der Waals surface area contributed by atoms with Crippen molar-refractivity contribution in [1.29, 1.82) is 0 Å². The van der Waals surface area contributed by atoms with Gasteiger partial charge >= 0.3 is 0 Å². The number of anilines is 1. The van der Waals surface area contributed by atoms with Gasteiger partial charge < -0.3 is 10.1 Å². The van der Waals surface area contributed by atoms with E-state index in [1.54, 1.807) is 6.07 Å². The van der Waals surface area contributed by atoms with Crippen molar-refractivity contribution in [3.8, 4) is 5.75 Å². The minimum absolute atomic E-state index is 0.398. The zero-order valence-corrected chi connectivity index (χ0v) is 17.4. The number of benzene rings is 3. The first-order valence-electron chi connectivity index (χ1n) is 8.58. The fraction of sp³-hybridized carbons (Fsp3) is 0.182. The predicted octanol–water partition coefficient (Wildman–Crippen LogP) is 7.45. The van der Waals surface area contributed by atoms with Crippen LogP contribution in [0.1, 0.15) is 22.3 Å². The van der Waals surface area contributed by atoms with E-state index in [1.807, 2.05) is 30.3 Å². The maximum atomic E-state index is 6.41. The molecular formula is C22H20Cl3NO. The zero-order chi connectivity index (χ0) is 19.4. The highest BCUT2D eigenvalue weighted by molar-refractivity contribution is 6.35. The number of hydrogen-bond donors (Lipinski definition) is 1. The molecule has 0 amide bonds. The van der Waals surface area contributed by atoms with Gasteiger partial charge in [-0.25, -0.2) is 0 Å². The van der Waals surface area contributed by atoms with Gasteiger partial charge in [0.15, 0.2) is 0 Å². The predicted molar refractivity (Wildman–Crippen MR) is 115 cm³/mol. The number of aryl methyl sites for hydroxylation is 2. The lowest BCUT2D eigenvalue weighted by Gasteiger charge is -2.16. The van der Waals surface area contributed by atoms with Crippen LogP contribution in [0, 0.1) is 13.8 Å². The van der Waals surface area contributed by atoms with Crippen LogP contribution in [0.2, 0.25) is 15.1 Å². The Morgan fingerprint density at radius 2 is 1.59 bits per heavy atom. The Hall–Kier alpha value is -1.87. The average Bonchev–Trinajstić information content (AvgIpc) is 2.63. The molecule has 27 heavy (non-hydrogen) atoms. The molecule has 0 saturated carbocycles. The molecule has 0 saturated heterocycles. The van der Waals surface area contributed by atoms with E-state index in [0.29, 0.717) is 34.0 Å². The molecule has 140 valence electrons. The first kappa shape index (κ1) is 19.9. The van der Waals surface area contributed by atoms with Crippen LogP contribution in [0.3, 0.4) is 0 Å². The van der Waals surface area contributed by atoms with Crippen molar-refractivity contribution in [3.05, 3.63) is 91.9 Å². The molecule has 2 nitrogen and oxygen atoms in total. The summed E-state index contributed by atoms with van der Waals surface area (Å²) in [5.74, 6) is 0.633. The van der Waals surface area contributed by atoms with Crippen molar-refractivity contribution in [3.63, 3.8) is 0 Å². The molecule has 0 aromatic heterocycles. The molecule has 5 heteroatoms. The Labute approximate surface area is 175 Å². The van der Waals surface area contributed by atoms with Gasteiger partial charge in [0.05, 0.1) is 5.02 Å². The second-order valence-electron chi connectivity index (χ2n) is 6.46. The van der Waals surface area contributed by atoms with E-state index in [2.05, 4.69) is 37.4 Å². The lowest BCUT2D eigenvalue weighted by Crippen LogP contribution is -2.05. The van der Waals surface area contributed by atoms with Gasteiger partial charge in [0, 0.05) is 27.8 Å². The summed E-state index contributed by atoms with van der Waals surface area (Å²) < 4.78 is 6.02. The molecule has 0 spiro atoms. The van der Waals surface area contributed by atoms with Crippen LogP contribution in [-0.2, 0) is 13.2 Å². The second-order valence-corrected chi connectivity index (χ2v) is 7.74. The average molecular weight is 421 g/mol. The molecule has 3 aromatic rings. The number of ether oxygens (including phenoxy) is 1. The van der Waals surface area contributed by atoms with E-state index in [-0.39, 0.29) is 0 Å². The van der Waals surface area contributed by atoms with E-state index in [4.69, 9.17) is 39.5 Å². The number of nitrogens with one attached hydrogen (secondary N) is 1. The Morgan fingerprint density at radius 1 is 0.852 bits per heavy atom. The van der Waals surface area contributed by atoms with Crippen molar-refractivity contribution in [1.82, 2.24) is 0 Å². The second kappa shape index (κ2) is 8.88. The van der Waals surface area contributed by atoms with Crippen LogP contribution in [0.15, 0.2) is 54.6 Å². The van der Waals surface area contributed by atoms with Crippen molar-refractivity contribution < 1.29 is 4.74 Å². The van der Waals surface area contributed by atoms with E-state index >= 15 is 0 Å². The van der Waals surface area contributed by atoms with Gasteiger partial charge in [-0.1, -0.05) is 59.1 Å². The number of halogens is 3. The quantitative estimate of drug-likeness (QED) is 0.447. The topological polar surface area (TPSA) is 21.3 Å². The molecule has 0 aliphatic carbocycles. The molecule has 0 heterocycles. The highest BCUT2D eigenvalue weighted by Gasteiger charge is 2.12. The van der Waals surface area contributed by atoms with Crippen LogP contribution in [0.25, 0.3) is 0 Å². The monoisotopic (exact) mass is 419 g/mol. The van der Waals surface area contributed by atoms with Gasteiger partial charge in [0.2, 0.25) is 0 Å². The molecule has 3 aromatic carbocycles. The third-order valence-corrected chi connectivity index (χ3v) is 5.00. The van der Waals surface area contributed by atoms with E-state index in [1.165, 1.54) is 11.1 Å². The molecule has 0 unspecified atom stereocenters. The number of rotatable bonds is 6. The fourth-order valence-corrected chi connectivity index (χ4v) is 3.48. The van der Waals surface area contributed by atoms with Gasteiger partial charge in [-0.05, 0) is 60.9 Å². The van der Waals surface area contributed by atoms with Gasteiger partial charge in [-0.2, -0.15) is 0 Å². The highest BCUT2D eigenvalue weighted by Crippen LogP contribution is 2.34. The minimum Gasteiger partial charge on any atom is -0.487 e. The lowest BCUT2D eigenvalue weighted by atomic mass is 10.1. The normalized spacial score (nSPS) is 10.7. The molecule has 0 aliphatic rings. The maximum absolute atomic E-state index is 6.41. The van der Waals surface area contributed by atoms with Crippen molar-refractivity contribution >= 4 is 40.5 Å². The summed E-state index contributed by atoms with van der Waals surface area (Å²) in [6.45, 7) is 5.10. The number of hydrogen-bond acceptors (Lipinski definition) is 2. The van der Waals surface area contributed by atoms with Crippen molar-refractivity contribution in [2.45, 2.75) is 27.0 Å². The van der Waals surface area contributed by atoms with Crippen LogP contribution < -0.4 is 10.1 Å². The highest BCUT2D eigenvalue weighted by atomic mass is 35.5. The molecule has 1 N–H and O–H groups in total. The maximum Gasteiger partial charge on any atom is 0.143 e. The summed E-state index contributed by atoms with van der Waals surface area (Å²) in [5, 5.41) is 5.23. The van der Waals surface area contributed by atoms with Crippen molar-refractivity contribution in [2.24, 2.45) is 0 Å². The zero-order valence-electron chi connectivity index (χ0n) is 15.2. The van der Waals surface area contributed by atoms with Gasteiger partial charge in [0.25, 0.3) is 0 Å². The summed E-state index contributed by atoms with van der Waals surface area (Å²) in [7, 11) is 0. The summed E-state index contributed by atoms with van der Waals surface area (Å²) >= 11 is 18.6. The molecule has 0 fully saturated rings. The summed E-state index contributed by atoms with van der Waals surface area (Å²) in [5.41, 5.74) is 5.37. The molecule has 0 atom stereocenters. The van der Waals surface area contributed by atoms with Gasteiger partial charge in [-0.3, -0.25) is 0 Å². The summed E-state index contributed by atoms with van der Waals surface area (Å²) in [4.78, 5) is 0. The Balaban J connectivity index is 1.79. The van der Waals surface area contributed by atoms with Gasteiger partial charge in [0.1, 0.15) is 12.4 Å².